The molecule has 0 radical (unpaired) electrons. The van der Waals surface area contributed by atoms with E-state index in [9.17, 15) is 0 Å². The van der Waals surface area contributed by atoms with E-state index in [0.29, 0.717) is 6.04 Å². The van der Waals surface area contributed by atoms with Crippen LogP contribution in [0.1, 0.15) is 19.8 Å². The third-order valence-electron chi connectivity index (χ3n) is 3.28. The summed E-state index contributed by atoms with van der Waals surface area (Å²) in [6.45, 7) is 3.21. The van der Waals surface area contributed by atoms with E-state index in [1.165, 1.54) is 0 Å². The second-order valence-corrected chi connectivity index (χ2v) is 5.52. The lowest BCUT2D eigenvalue weighted by Crippen LogP contribution is -2.61. The third kappa shape index (κ3) is 3.25. The van der Waals surface area contributed by atoms with Crippen LogP contribution >= 0.6 is 15.9 Å². The SMILES string of the molecule is CCCNC1CC(Oc2ccc(Br)cc2)C1OC. The normalized spacial score (nSPS) is 26.7. The molecule has 1 aromatic rings. The molecule has 1 fully saturated rings. The maximum atomic E-state index is 5.93. The number of methoxy groups -OCH3 is 1. The summed E-state index contributed by atoms with van der Waals surface area (Å²) in [6.07, 6.45) is 2.46. The van der Waals surface area contributed by atoms with Gasteiger partial charge in [0.2, 0.25) is 0 Å². The largest absolute Gasteiger partial charge is 0.488 e. The fourth-order valence-electron chi connectivity index (χ4n) is 2.23. The Morgan fingerprint density at radius 3 is 2.67 bits per heavy atom. The van der Waals surface area contributed by atoms with Gasteiger partial charge in [0.25, 0.3) is 0 Å². The molecule has 3 unspecified atom stereocenters. The molecule has 0 amide bonds. The van der Waals surface area contributed by atoms with Gasteiger partial charge in [-0.15, -0.1) is 0 Å². The van der Waals surface area contributed by atoms with E-state index in [-0.39, 0.29) is 12.2 Å². The molecule has 1 aliphatic rings. The summed E-state index contributed by atoms with van der Waals surface area (Å²) >= 11 is 3.42. The van der Waals surface area contributed by atoms with Crippen LogP contribution in [0.3, 0.4) is 0 Å². The summed E-state index contributed by atoms with van der Waals surface area (Å²) in [7, 11) is 1.75. The fraction of sp³-hybridized carbons (Fsp3) is 0.571. The summed E-state index contributed by atoms with van der Waals surface area (Å²) in [5.41, 5.74) is 0. The van der Waals surface area contributed by atoms with Gasteiger partial charge in [-0.3, -0.25) is 0 Å². The van der Waals surface area contributed by atoms with Crippen LogP contribution in [0.2, 0.25) is 0 Å². The molecular weight excluding hydrogens is 294 g/mol. The summed E-state index contributed by atoms with van der Waals surface area (Å²) in [5.74, 6) is 0.902. The Morgan fingerprint density at radius 1 is 1.33 bits per heavy atom. The highest BCUT2D eigenvalue weighted by Crippen LogP contribution is 2.29. The van der Waals surface area contributed by atoms with E-state index >= 15 is 0 Å². The Hall–Kier alpha value is -0.580. The van der Waals surface area contributed by atoms with Crippen LogP contribution in [0.5, 0.6) is 5.75 Å². The molecule has 18 heavy (non-hydrogen) atoms. The number of ether oxygens (including phenoxy) is 2. The van der Waals surface area contributed by atoms with Crippen LogP contribution in [0.4, 0.5) is 0 Å². The third-order valence-corrected chi connectivity index (χ3v) is 3.81. The van der Waals surface area contributed by atoms with Gasteiger partial charge in [0.05, 0.1) is 0 Å². The first-order chi connectivity index (χ1) is 8.74. The number of hydrogen-bond donors (Lipinski definition) is 1. The molecule has 0 spiro atoms. The lowest BCUT2D eigenvalue weighted by molar-refractivity contribution is -0.0887. The number of benzene rings is 1. The van der Waals surface area contributed by atoms with Crippen molar-refractivity contribution in [1.82, 2.24) is 5.32 Å². The zero-order valence-electron chi connectivity index (χ0n) is 10.9. The van der Waals surface area contributed by atoms with Crippen molar-refractivity contribution in [3.63, 3.8) is 0 Å². The van der Waals surface area contributed by atoms with Crippen molar-refractivity contribution in [3.05, 3.63) is 28.7 Å². The molecule has 1 aliphatic carbocycles. The van der Waals surface area contributed by atoms with Crippen molar-refractivity contribution in [2.24, 2.45) is 0 Å². The molecule has 0 aromatic heterocycles. The van der Waals surface area contributed by atoms with Crippen LogP contribution in [0.15, 0.2) is 28.7 Å². The summed E-state index contributed by atoms with van der Waals surface area (Å²) < 4.78 is 12.5. The average molecular weight is 314 g/mol. The quantitative estimate of drug-likeness (QED) is 0.876. The van der Waals surface area contributed by atoms with Gasteiger partial charge in [-0.05, 0) is 37.2 Å². The highest BCUT2D eigenvalue weighted by Gasteiger charge is 2.42. The van der Waals surface area contributed by atoms with E-state index in [1.54, 1.807) is 7.11 Å². The predicted molar refractivity (Wildman–Crippen MR) is 76.1 cm³/mol. The van der Waals surface area contributed by atoms with Gasteiger partial charge in [0.1, 0.15) is 18.0 Å². The van der Waals surface area contributed by atoms with E-state index < -0.39 is 0 Å². The Kier molecular flexibility index (Phi) is 5.03. The van der Waals surface area contributed by atoms with E-state index in [4.69, 9.17) is 9.47 Å². The molecule has 0 aliphatic heterocycles. The smallest absolute Gasteiger partial charge is 0.128 e. The van der Waals surface area contributed by atoms with Crippen molar-refractivity contribution in [1.29, 1.82) is 0 Å². The summed E-state index contributed by atoms with van der Waals surface area (Å²) in [6, 6.07) is 8.36. The van der Waals surface area contributed by atoms with Gasteiger partial charge in [0, 0.05) is 24.0 Å². The molecule has 4 heteroatoms. The zero-order valence-corrected chi connectivity index (χ0v) is 12.4. The van der Waals surface area contributed by atoms with Crippen molar-refractivity contribution >= 4 is 15.9 Å². The average Bonchev–Trinajstić information content (AvgIpc) is 2.35. The minimum Gasteiger partial charge on any atom is -0.488 e. The number of hydrogen-bond acceptors (Lipinski definition) is 3. The highest BCUT2D eigenvalue weighted by atomic mass is 79.9. The molecule has 1 N–H and O–H groups in total. The van der Waals surface area contributed by atoms with Gasteiger partial charge in [-0.2, -0.15) is 0 Å². The highest BCUT2D eigenvalue weighted by molar-refractivity contribution is 9.10. The van der Waals surface area contributed by atoms with E-state index in [2.05, 4.69) is 28.2 Å². The summed E-state index contributed by atoms with van der Waals surface area (Å²) in [5, 5.41) is 3.48. The first kappa shape index (κ1) is 13.8. The molecule has 2 rings (SSSR count). The molecule has 0 bridgehead atoms. The minimum absolute atomic E-state index is 0.153. The van der Waals surface area contributed by atoms with Crippen LogP contribution in [-0.4, -0.2) is 31.9 Å². The number of rotatable bonds is 6. The van der Waals surface area contributed by atoms with Crippen molar-refractivity contribution in [2.45, 2.75) is 38.0 Å². The molecule has 1 aromatic carbocycles. The maximum Gasteiger partial charge on any atom is 0.128 e. The molecule has 100 valence electrons. The second-order valence-electron chi connectivity index (χ2n) is 4.61. The Bertz CT molecular complexity index is 369. The molecule has 1 saturated carbocycles. The summed E-state index contributed by atoms with van der Waals surface area (Å²) in [4.78, 5) is 0. The van der Waals surface area contributed by atoms with Crippen molar-refractivity contribution < 1.29 is 9.47 Å². The van der Waals surface area contributed by atoms with Crippen LogP contribution < -0.4 is 10.1 Å². The Morgan fingerprint density at radius 2 is 2.06 bits per heavy atom. The maximum absolute atomic E-state index is 5.93. The lowest BCUT2D eigenvalue weighted by atomic mass is 9.85. The van der Waals surface area contributed by atoms with Crippen LogP contribution in [0.25, 0.3) is 0 Å². The fourth-order valence-corrected chi connectivity index (χ4v) is 2.49. The monoisotopic (exact) mass is 313 g/mol. The standard InChI is InChI=1S/C14H20BrNO2/c1-3-8-16-12-9-13(14(12)17-2)18-11-6-4-10(15)5-7-11/h4-7,12-14,16H,3,8-9H2,1-2H3. The number of halogens is 1. The van der Waals surface area contributed by atoms with Gasteiger partial charge in [0.15, 0.2) is 0 Å². The molecular formula is C14H20BrNO2. The zero-order chi connectivity index (χ0) is 13.0. The van der Waals surface area contributed by atoms with Crippen LogP contribution in [0, 0.1) is 0 Å². The van der Waals surface area contributed by atoms with Gasteiger partial charge in [-0.25, -0.2) is 0 Å². The number of nitrogens with one attached hydrogen (secondary N) is 1. The molecule has 0 saturated heterocycles. The van der Waals surface area contributed by atoms with Gasteiger partial charge < -0.3 is 14.8 Å². The minimum atomic E-state index is 0.153. The lowest BCUT2D eigenvalue weighted by Gasteiger charge is -2.43. The topological polar surface area (TPSA) is 30.5 Å². The van der Waals surface area contributed by atoms with Gasteiger partial charge >= 0.3 is 0 Å². The Labute approximate surface area is 117 Å². The second kappa shape index (κ2) is 6.55. The predicted octanol–water partition coefficient (Wildman–Crippen LogP) is 2.98. The molecule has 3 atom stereocenters. The van der Waals surface area contributed by atoms with Crippen LogP contribution in [-0.2, 0) is 4.74 Å². The molecule has 0 heterocycles. The van der Waals surface area contributed by atoms with Crippen molar-refractivity contribution in [3.8, 4) is 5.75 Å². The first-order valence-electron chi connectivity index (χ1n) is 6.43. The molecule has 3 nitrogen and oxygen atoms in total. The van der Waals surface area contributed by atoms with Gasteiger partial charge in [-0.1, -0.05) is 22.9 Å². The van der Waals surface area contributed by atoms with E-state index in [0.717, 1.165) is 29.6 Å². The first-order valence-corrected chi connectivity index (χ1v) is 7.22. The van der Waals surface area contributed by atoms with Crippen molar-refractivity contribution in [2.75, 3.05) is 13.7 Å². The Balaban J connectivity index is 1.85. The van der Waals surface area contributed by atoms with E-state index in [1.807, 2.05) is 24.3 Å².